The van der Waals surface area contributed by atoms with Gasteiger partial charge in [0, 0.05) is 43.2 Å². The monoisotopic (exact) mass is 523 g/mol. The van der Waals surface area contributed by atoms with E-state index in [0.717, 1.165) is 41.6 Å². The number of pyridine rings is 1. The van der Waals surface area contributed by atoms with Gasteiger partial charge in [0.15, 0.2) is 0 Å². The molecule has 37 heavy (non-hydrogen) atoms. The molecule has 0 bridgehead atoms. The smallest absolute Gasteiger partial charge is 0.220 e. The molecule has 0 fully saturated rings. The summed E-state index contributed by atoms with van der Waals surface area (Å²) in [5.41, 5.74) is 8.23. The molecule has 0 saturated carbocycles. The van der Waals surface area contributed by atoms with Gasteiger partial charge < -0.3 is 20.6 Å². The second-order valence-corrected chi connectivity index (χ2v) is 8.80. The van der Waals surface area contributed by atoms with Crippen molar-refractivity contribution in [1.29, 1.82) is 0 Å². The predicted octanol–water partition coefficient (Wildman–Crippen LogP) is 4.49. The van der Waals surface area contributed by atoms with Crippen LogP contribution < -0.4 is 15.8 Å². The molecule has 3 N–H and O–H groups in total. The Bertz CT molecular complexity index is 1090. The van der Waals surface area contributed by atoms with Crippen LogP contribution in [0.3, 0.4) is 0 Å². The Labute approximate surface area is 223 Å². The first kappa shape index (κ1) is 29.5. The number of nitrogens with two attached hydrogens (primary N) is 1. The fourth-order valence-electron chi connectivity index (χ4n) is 3.31. The fraction of sp³-hybridized carbons (Fsp3) is 0.310. The van der Waals surface area contributed by atoms with Gasteiger partial charge in [-0.05, 0) is 72.7 Å². The molecule has 7 nitrogen and oxygen atoms in total. The molecule has 0 aliphatic carbocycles. The number of primary amides is 1. The van der Waals surface area contributed by atoms with E-state index in [9.17, 15) is 14.4 Å². The Kier molecular flexibility index (Phi) is 14.1. The van der Waals surface area contributed by atoms with Crippen molar-refractivity contribution in [2.24, 2.45) is 5.73 Å². The normalized spacial score (nSPS) is 10.1. The number of amides is 2. The van der Waals surface area contributed by atoms with Crippen molar-refractivity contribution in [2.75, 3.05) is 13.2 Å². The summed E-state index contributed by atoms with van der Waals surface area (Å²) in [7, 11) is 0. The predicted molar refractivity (Wildman–Crippen MR) is 145 cm³/mol. The number of aldehydes is 1. The molecule has 0 spiro atoms. The number of nitrogens with zero attached hydrogens (tertiary/aromatic N) is 1. The third kappa shape index (κ3) is 13.8. The molecule has 0 unspecified atom stereocenters. The number of hydrogen-bond donors (Lipinski definition) is 2. The van der Waals surface area contributed by atoms with Crippen LogP contribution in [-0.4, -0.2) is 36.2 Å². The maximum Gasteiger partial charge on any atom is 0.220 e. The van der Waals surface area contributed by atoms with Crippen LogP contribution in [-0.2, 0) is 33.6 Å². The molecule has 2 amide bonds. The first-order chi connectivity index (χ1) is 18.0. The maximum absolute atomic E-state index is 12.0. The third-order valence-electron chi connectivity index (χ3n) is 5.31. The highest BCUT2D eigenvalue weighted by molar-refractivity contribution is 6.30. The molecular weight excluding hydrogens is 490 g/mol. The van der Waals surface area contributed by atoms with E-state index in [1.807, 2.05) is 60.7 Å². The number of carbonyl (C=O) groups excluding carboxylic acids is 3. The molecule has 0 aliphatic heterocycles. The maximum atomic E-state index is 12.0. The Morgan fingerprint density at radius 2 is 1.70 bits per heavy atom. The van der Waals surface area contributed by atoms with Gasteiger partial charge >= 0.3 is 0 Å². The van der Waals surface area contributed by atoms with Gasteiger partial charge in [0.25, 0.3) is 0 Å². The van der Waals surface area contributed by atoms with Crippen LogP contribution in [0.25, 0.3) is 0 Å². The number of ether oxygens (including phenoxy) is 1. The molecule has 0 saturated heterocycles. The van der Waals surface area contributed by atoms with Gasteiger partial charge in [0.1, 0.15) is 12.0 Å². The standard InChI is InChI=1S/C21H24ClNO3.C8H10N2O/c22-19-5-3-4-18(16-19)12-13-23-21(25)11-8-17-6-9-20(10-7-17)26-15-2-1-14-24;9-8(11)4-3-7-2-1-5-10-6-7/h3-7,9-10,14,16H,1-2,8,11-13,15H2,(H,23,25);1-2,5-6H,3-4H2,(H2,9,11). The number of hydrogen-bond acceptors (Lipinski definition) is 5. The van der Waals surface area contributed by atoms with E-state index in [2.05, 4.69) is 10.3 Å². The van der Waals surface area contributed by atoms with Gasteiger partial charge in [0.05, 0.1) is 6.61 Å². The number of aryl methyl sites for hydroxylation is 2. The molecule has 196 valence electrons. The Hall–Kier alpha value is -3.71. The van der Waals surface area contributed by atoms with Gasteiger partial charge in [-0.15, -0.1) is 0 Å². The molecule has 0 aliphatic rings. The first-order valence-corrected chi connectivity index (χ1v) is 12.7. The van der Waals surface area contributed by atoms with Crippen LogP contribution >= 0.6 is 11.6 Å². The van der Waals surface area contributed by atoms with E-state index in [0.29, 0.717) is 50.3 Å². The Balaban J connectivity index is 0.000000364. The lowest BCUT2D eigenvalue weighted by Gasteiger charge is -2.07. The largest absolute Gasteiger partial charge is 0.494 e. The van der Waals surface area contributed by atoms with Crippen molar-refractivity contribution in [3.63, 3.8) is 0 Å². The lowest BCUT2D eigenvalue weighted by Crippen LogP contribution is -2.25. The van der Waals surface area contributed by atoms with E-state index in [1.165, 1.54) is 0 Å². The zero-order chi connectivity index (χ0) is 26.7. The molecule has 3 rings (SSSR count). The highest BCUT2D eigenvalue weighted by Crippen LogP contribution is 2.14. The van der Waals surface area contributed by atoms with Crippen LogP contribution in [0.2, 0.25) is 5.02 Å². The summed E-state index contributed by atoms with van der Waals surface area (Å²) in [4.78, 5) is 36.5. The molecule has 1 aromatic heterocycles. The van der Waals surface area contributed by atoms with Gasteiger partial charge in [-0.3, -0.25) is 14.6 Å². The SMILES string of the molecule is NC(=O)CCc1cccnc1.O=CCCCOc1ccc(CCC(=O)NCCc2cccc(Cl)c2)cc1. The number of carbonyl (C=O) groups is 3. The lowest BCUT2D eigenvalue weighted by atomic mass is 10.1. The van der Waals surface area contributed by atoms with Crippen LogP contribution in [0.5, 0.6) is 5.75 Å². The zero-order valence-corrected chi connectivity index (χ0v) is 21.7. The quantitative estimate of drug-likeness (QED) is 0.239. The minimum absolute atomic E-state index is 0.0428. The topological polar surface area (TPSA) is 111 Å². The average molecular weight is 524 g/mol. The summed E-state index contributed by atoms with van der Waals surface area (Å²) in [6.07, 6.45) is 8.56. The molecule has 0 radical (unpaired) electrons. The van der Waals surface area contributed by atoms with Gasteiger partial charge in [-0.2, -0.15) is 0 Å². The zero-order valence-electron chi connectivity index (χ0n) is 20.9. The minimum Gasteiger partial charge on any atom is -0.494 e. The van der Waals surface area contributed by atoms with E-state index >= 15 is 0 Å². The van der Waals surface area contributed by atoms with E-state index in [1.54, 1.807) is 12.4 Å². The summed E-state index contributed by atoms with van der Waals surface area (Å²) >= 11 is 5.95. The van der Waals surface area contributed by atoms with Gasteiger partial charge in [-0.25, -0.2) is 0 Å². The summed E-state index contributed by atoms with van der Waals surface area (Å²) in [6, 6.07) is 19.2. The molecule has 8 heteroatoms. The van der Waals surface area contributed by atoms with Crippen LogP contribution in [0.1, 0.15) is 42.4 Å². The van der Waals surface area contributed by atoms with Crippen molar-refractivity contribution in [1.82, 2.24) is 10.3 Å². The van der Waals surface area contributed by atoms with Crippen LogP contribution in [0.15, 0.2) is 73.1 Å². The fourth-order valence-corrected chi connectivity index (χ4v) is 3.52. The molecule has 1 heterocycles. The highest BCUT2D eigenvalue weighted by atomic mass is 35.5. The average Bonchev–Trinajstić information content (AvgIpc) is 2.90. The molecule has 3 aromatic rings. The van der Waals surface area contributed by atoms with E-state index in [4.69, 9.17) is 22.1 Å². The van der Waals surface area contributed by atoms with Gasteiger partial charge in [0.2, 0.25) is 11.8 Å². The minimum atomic E-state index is -0.270. The van der Waals surface area contributed by atoms with Crippen molar-refractivity contribution < 1.29 is 19.1 Å². The molecule has 0 atom stereocenters. The Morgan fingerprint density at radius 3 is 2.38 bits per heavy atom. The lowest BCUT2D eigenvalue weighted by molar-refractivity contribution is -0.121. The third-order valence-corrected chi connectivity index (χ3v) is 5.54. The highest BCUT2D eigenvalue weighted by Gasteiger charge is 2.03. The van der Waals surface area contributed by atoms with Crippen molar-refractivity contribution in [3.05, 3.63) is 94.8 Å². The summed E-state index contributed by atoms with van der Waals surface area (Å²) < 4.78 is 5.54. The summed E-state index contributed by atoms with van der Waals surface area (Å²) in [5, 5.41) is 3.65. The first-order valence-electron chi connectivity index (χ1n) is 12.3. The van der Waals surface area contributed by atoms with Crippen molar-refractivity contribution in [3.8, 4) is 5.75 Å². The molecule has 2 aromatic carbocycles. The Morgan fingerprint density at radius 1 is 0.946 bits per heavy atom. The van der Waals surface area contributed by atoms with Crippen LogP contribution in [0, 0.1) is 0 Å². The van der Waals surface area contributed by atoms with E-state index in [-0.39, 0.29) is 11.8 Å². The number of rotatable bonds is 14. The van der Waals surface area contributed by atoms with Crippen LogP contribution in [0.4, 0.5) is 0 Å². The summed E-state index contributed by atoms with van der Waals surface area (Å²) in [6.45, 7) is 1.14. The van der Waals surface area contributed by atoms with Gasteiger partial charge in [-0.1, -0.05) is 41.9 Å². The second kappa shape index (κ2) is 17.7. The van der Waals surface area contributed by atoms with Crippen molar-refractivity contribution in [2.45, 2.75) is 44.9 Å². The number of unbranched alkanes of at least 4 members (excludes halogenated alkanes) is 1. The number of benzene rings is 2. The number of aromatic nitrogens is 1. The summed E-state index contributed by atoms with van der Waals surface area (Å²) in [5.74, 6) is 0.556. The molecular formula is C29H34ClN3O4. The number of halogens is 1. The second-order valence-electron chi connectivity index (χ2n) is 8.36. The van der Waals surface area contributed by atoms with E-state index < -0.39 is 0 Å². The van der Waals surface area contributed by atoms with Crippen molar-refractivity contribution >= 4 is 29.7 Å². The number of nitrogens with one attached hydrogen (secondary N) is 1.